The zero-order valence-electron chi connectivity index (χ0n) is 12.0. The van der Waals surface area contributed by atoms with E-state index in [-0.39, 0.29) is 0 Å². The number of rotatable bonds is 9. The van der Waals surface area contributed by atoms with E-state index in [9.17, 15) is 0 Å². The first-order chi connectivity index (χ1) is 9.31. The maximum absolute atomic E-state index is 8.84. The molecule has 1 N–H and O–H groups in total. The summed E-state index contributed by atoms with van der Waals surface area (Å²) in [4.78, 5) is 0. The molecule has 0 bridgehead atoms. The Labute approximate surface area is 116 Å². The third-order valence-electron chi connectivity index (χ3n) is 3.18. The molecule has 0 heterocycles. The second-order valence-corrected chi connectivity index (χ2v) is 4.72. The molecule has 19 heavy (non-hydrogen) atoms. The molecule has 0 amide bonds. The van der Waals surface area contributed by atoms with Crippen molar-refractivity contribution in [3.8, 4) is 11.8 Å². The minimum atomic E-state index is 0.627. The maximum atomic E-state index is 8.84. The highest BCUT2D eigenvalue weighted by Crippen LogP contribution is 2.25. The number of nitrogens with one attached hydrogen (secondary N) is 1. The average Bonchev–Trinajstić information content (AvgIpc) is 2.46. The van der Waals surface area contributed by atoms with Crippen molar-refractivity contribution >= 4 is 5.69 Å². The zero-order chi connectivity index (χ0) is 13.9. The quantitative estimate of drug-likeness (QED) is 0.672. The second-order valence-electron chi connectivity index (χ2n) is 4.72. The van der Waals surface area contributed by atoms with Gasteiger partial charge < -0.3 is 10.1 Å². The van der Waals surface area contributed by atoms with Crippen LogP contribution in [-0.4, -0.2) is 13.7 Å². The predicted octanol–water partition coefficient (Wildman–Crippen LogP) is 4.34. The van der Waals surface area contributed by atoms with Crippen LogP contribution >= 0.6 is 0 Å². The Morgan fingerprint density at radius 3 is 2.58 bits per heavy atom. The largest absolute Gasteiger partial charge is 0.495 e. The number of anilines is 1. The van der Waals surface area contributed by atoms with Crippen molar-refractivity contribution in [2.75, 3.05) is 19.0 Å². The molecule has 0 aliphatic rings. The summed E-state index contributed by atoms with van der Waals surface area (Å²) in [7, 11) is 1.63. The number of hydrogen-bond acceptors (Lipinski definition) is 3. The molecular formula is C16H24N2O. The van der Waals surface area contributed by atoms with Gasteiger partial charge in [-0.3, -0.25) is 0 Å². The summed E-state index contributed by atoms with van der Waals surface area (Å²) in [6, 6.07) is 7.61. The predicted molar refractivity (Wildman–Crippen MR) is 79.6 cm³/mol. The van der Waals surface area contributed by atoms with Gasteiger partial charge in [-0.15, -0.1) is 0 Å². The SMILES string of the molecule is CCCCCCCCNc1ccc(C#N)cc1OC. The smallest absolute Gasteiger partial charge is 0.143 e. The third-order valence-corrected chi connectivity index (χ3v) is 3.18. The number of benzene rings is 1. The minimum Gasteiger partial charge on any atom is -0.495 e. The van der Waals surface area contributed by atoms with Crippen molar-refractivity contribution in [2.24, 2.45) is 0 Å². The normalized spacial score (nSPS) is 9.95. The highest BCUT2D eigenvalue weighted by Gasteiger charge is 2.03. The number of methoxy groups -OCH3 is 1. The van der Waals surface area contributed by atoms with Gasteiger partial charge in [0.2, 0.25) is 0 Å². The fourth-order valence-corrected chi connectivity index (χ4v) is 2.04. The van der Waals surface area contributed by atoms with Crippen molar-refractivity contribution in [3.63, 3.8) is 0 Å². The van der Waals surface area contributed by atoms with Gasteiger partial charge in [0.25, 0.3) is 0 Å². The fraction of sp³-hybridized carbons (Fsp3) is 0.562. The summed E-state index contributed by atoms with van der Waals surface area (Å²) in [6.45, 7) is 3.19. The van der Waals surface area contributed by atoms with Crippen molar-refractivity contribution in [2.45, 2.75) is 45.4 Å². The molecule has 3 heteroatoms. The van der Waals surface area contributed by atoms with E-state index in [4.69, 9.17) is 10.00 Å². The molecule has 0 radical (unpaired) electrons. The topological polar surface area (TPSA) is 45.0 Å². The minimum absolute atomic E-state index is 0.627. The zero-order valence-corrected chi connectivity index (χ0v) is 12.0. The Morgan fingerprint density at radius 1 is 1.16 bits per heavy atom. The molecular weight excluding hydrogens is 236 g/mol. The molecule has 0 spiro atoms. The Kier molecular flexibility index (Phi) is 7.50. The highest BCUT2D eigenvalue weighted by molar-refractivity contribution is 5.59. The molecule has 0 aliphatic heterocycles. The van der Waals surface area contributed by atoms with E-state index in [0.29, 0.717) is 5.56 Å². The van der Waals surface area contributed by atoms with Crippen LogP contribution in [0.4, 0.5) is 5.69 Å². The Bertz CT molecular complexity index is 410. The van der Waals surface area contributed by atoms with Crippen LogP contribution in [0.5, 0.6) is 5.75 Å². The van der Waals surface area contributed by atoms with Crippen molar-refractivity contribution in [3.05, 3.63) is 23.8 Å². The molecule has 0 aromatic heterocycles. The molecule has 0 aliphatic carbocycles. The number of nitrogens with zero attached hydrogens (tertiary/aromatic N) is 1. The van der Waals surface area contributed by atoms with E-state index >= 15 is 0 Å². The van der Waals surface area contributed by atoms with Crippen LogP contribution in [0.2, 0.25) is 0 Å². The monoisotopic (exact) mass is 260 g/mol. The van der Waals surface area contributed by atoms with Crippen LogP contribution in [0.25, 0.3) is 0 Å². The summed E-state index contributed by atoms with van der Waals surface area (Å²) in [5.74, 6) is 0.741. The average molecular weight is 260 g/mol. The molecule has 0 fully saturated rings. The number of nitriles is 1. The van der Waals surface area contributed by atoms with Crippen molar-refractivity contribution < 1.29 is 4.74 Å². The lowest BCUT2D eigenvalue weighted by Gasteiger charge is -2.11. The van der Waals surface area contributed by atoms with Crippen LogP contribution in [-0.2, 0) is 0 Å². The first-order valence-corrected chi connectivity index (χ1v) is 7.13. The molecule has 0 unspecified atom stereocenters. The third kappa shape index (κ3) is 5.65. The highest BCUT2D eigenvalue weighted by atomic mass is 16.5. The van der Waals surface area contributed by atoms with Crippen LogP contribution in [0.15, 0.2) is 18.2 Å². The van der Waals surface area contributed by atoms with E-state index in [2.05, 4.69) is 18.3 Å². The van der Waals surface area contributed by atoms with E-state index < -0.39 is 0 Å². The lowest BCUT2D eigenvalue weighted by Crippen LogP contribution is -2.03. The van der Waals surface area contributed by atoms with Gasteiger partial charge in [0, 0.05) is 12.6 Å². The van der Waals surface area contributed by atoms with Crippen LogP contribution in [0.1, 0.15) is 51.0 Å². The first-order valence-electron chi connectivity index (χ1n) is 7.13. The van der Waals surface area contributed by atoms with Gasteiger partial charge in [-0.2, -0.15) is 5.26 Å². The summed E-state index contributed by atoms with van der Waals surface area (Å²) >= 11 is 0. The van der Waals surface area contributed by atoms with Crippen LogP contribution < -0.4 is 10.1 Å². The number of unbranched alkanes of at least 4 members (excludes halogenated alkanes) is 5. The molecule has 0 saturated carbocycles. The number of hydrogen-bond donors (Lipinski definition) is 1. The molecule has 1 rings (SSSR count). The van der Waals surface area contributed by atoms with Gasteiger partial charge >= 0.3 is 0 Å². The second kappa shape index (κ2) is 9.27. The summed E-state index contributed by atoms with van der Waals surface area (Å²) in [6.07, 6.45) is 7.74. The summed E-state index contributed by atoms with van der Waals surface area (Å²) in [5, 5.41) is 12.2. The van der Waals surface area contributed by atoms with Gasteiger partial charge in [0.05, 0.1) is 24.4 Å². The Morgan fingerprint density at radius 2 is 1.89 bits per heavy atom. The summed E-state index contributed by atoms with van der Waals surface area (Å²) < 4.78 is 5.28. The molecule has 1 aromatic rings. The standard InChI is InChI=1S/C16H24N2O/c1-3-4-5-6-7-8-11-18-15-10-9-14(13-17)12-16(15)19-2/h9-10,12,18H,3-8,11H2,1-2H3. The van der Waals surface area contributed by atoms with E-state index in [1.54, 1.807) is 13.2 Å². The van der Waals surface area contributed by atoms with Gasteiger partial charge in [-0.05, 0) is 18.6 Å². The molecule has 0 saturated heterocycles. The van der Waals surface area contributed by atoms with Crippen molar-refractivity contribution in [1.82, 2.24) is 0 Å². The van der Waals surface area contributed by atoms with Crippen molar-refractivity contribution in [1.29, 1.82) is 5.26 Å². The van der Waals surface area contributed by atoms with Crippen LogP contribution in [0, 0.1) is 11.3 Å². The lowest BCUT2D eigenvalue weighted by molar-refractivity contribution is 0.416. The van der Waals surface area contributed by atoms with E-state index in [1.165, 1.54) is 38.5 Å². The van der Waals surface area contributed by atoms with Gasteiger partial charge in [-0.25, -0.2) is 0 Å². The Hall–Kier alpha value is -1.69. The Balaban J connectivity index is 2.31. The van der Waals surface area contributed by atoms with E-state index in [1.807, 2.05) is 12.1 Å². The lowest BCUT2D eigenvalue weighted by atomic mass is 10.1. The summed E-state index contributed by atoms with van der Waals surface area (Å²) in [5.41, 5.74) is 1.59. The van der Waals surface area contributed by atoms with Gasteiger partial charge in [0.15, 0.2) is 0 Å². The molecule has 104 valence electrons. The fourth-order valence-electron chi connectivity index (χ4n) is 2.04. The van der Waals surface area contributed by atoms with E-state index in [0.717, 1.165) is 18.0 Å². The van der Waals surface area contributed by atoms with Crippen LogP contribution in [0.3, 0.4) is 0 Å². The molecule has 3 nitrogen and oxygen atoms in total. The molecule has 1 aromatic carbocycles. The van der Waals surface area contributed by atoms with Gasteiger partial charge in [0.1, 0.15) is 5.75 Å². The maximum Gasteiger partial charge on any atom is 0.143 e. The van der Waals surface area contributed by atoms with Gasteiger partial charge in [-0.1, -0.05) is 39.0 Å². The molecule has 0 atom stereocenters. The number of ether oxygens (including phenoxy) is 1. The first kappa shape index (κ1) is 15.4.